The predicted molar refractivity (Wildman–Crippen MR) is 101 cm³/mol. The Morgan fingerprint density at radius 2 is 1.31 bits per heavy atom. The molecule has 0 saturated heterocycles. The Labute approximate surface area is 152 Å². The maximum Gasteiger partial charge on any atom is 0.257 e. The van der Waals surface area contributed by atoms with Gasteiger partial charge in [0.25, 0.3) is 5.88 Å². The molecule has 1 heterocycles. The van der Waals surface area contributed by atoms with Crippen molar-refractivity contribution in [2.75, 3.05) is 14.2 Å². The Kier molecular flexibility index (Phi) is 4.83. The van der Waals surface area contributed by atoms with Crippen molar-refractivity contribution in [3.05, 3.63) is 77.4 Å². The van der Waals surface area contributed by atoms with Gasteiger partial charge in [-0.1, -0.05) is 48.5 Å². The molecule has 0 radical (unpaired) electrons. The molecule has 0 unspecified atom stereocenters. The lowest BCUT2D eigenvalue weighted by Gasteiger charge is -2.14. The third-order valence-electron chi connectivity index (χ3n) is 3.95. The van der Waals surface area contributed by atoms with Crippen LogP contribution in [0.25, 0.3) is 32.1 Å². The normalized spacial score (nSPS) is 9.85. The highest BCUT2D eigenvalue weighted by Crippen LogP contribution is 2.38. The van der Waals surface area contributed by atoms with E-state index in [1.165, 1.54) is 0 Å². The van der Waals surface area contributed by atoms with Crippen LogP contribution in [0.5, 0.6) is 11.6 Å². The number of pyridine rings is 1. The van der Waals surface area contributed by atoms with Crippen LogP contribution in [0.15, 0.2) is 54.6 Å². The molecule has 0 N–H and O–H groups in total. The lowest BCUT2D eigenvalue weighted by atomic mass is 9.98. The van der Waals surface area contributed by atoms with Crippen molar-refractivity contribution in [2.24, 2.45) is 0 Å². The molecule has 26 heavy (non-hydrogen) atoms. The largest absolute Gasteiger partial charge is 0.491 e. The van der Waals surface area contributed by atoms with Gasteiger partial charge >= 0.3 is 0 Å². The van der Waals surface area contributed by atoms with E-state index < -0.39 is 0 Å². The van der Waals surface area contributed by atoms with Crippen molar-refractivity contribution < 1.29 is 9.47 Å². The first-order valence-electron chi connectivity index (χ1n) is 7.79. The molecule has 0 fully saturated rings. The molecule has 3 aromatic rings. The van der Waals surface area contributed by atoms with Crippen LogP contribution in [-0.2, 0) is 0 Å². The van der Waals surface area contributed by atoms with E-state index in [1.54, 1.807) is 38.5 Å². The number of rotatable bonds is 4. The average molecular weight is 341 g/mol. The van der Waals surface area contributed by atoms with Gasteiger partial charge in [-0.2, -0.15) is 0 Å². The molecule has 0 amide bonds. The van der Waals surface area contributed by atoms with E-state index in [2.05, 4.69) is 14.7 Å². The highest BCUT2D eigenvalue weighted by molar-refractivity contribution is 5.83. The van der Waals surface area contributed by atoms with Crippen LogP contribution in [-0.4, -0.2) is 19.2 Å². The molecule has 5 nitrogen and oxygen atoms in total. The van der Waals surface area contributed by atoms with Crippen LogP contribution in [0, 0.1) is 13.1 Å². The van der Waals surface area contributed by atoms with E-state index in [-0.39, 0.29) is 0 Å². The van der Waals surface area contributed by atoms with Crippen LogP contribution < -0.4 is 9.47 Å². The van der Waals surface area contributed by atoms with Crippen LogP contribution in [0.2, 0.25) is 0 Å². The van der Waals surface area contributed by atoms with Gasteiger partial charge in [-0.25, -0.2) is 14.7 Å². The third-order valence-corrected chi connectivity index (χ3v) is 3.95. The smallest absolute Gasteiger partial charge is 0.257 e. The van der Waals surface area contributed by atoms with Crippen LogP contribution >= 0.6 is 0 Å². The summed E-state index contributed by atoms with van der Waals surface area (Å²) in [5.41, 5.74) is 4.49. The Morgan fingerprint density at radius 1 is 0.769 bits per heavy atom. The van der Waals surface area contributed by atoms with Gasteiger partial charge in [-0.15, -0.1) is 0 Å². The molecular weight excluding hydrogens is 326 g/mol. The first-order chi connectivity index (χ1) is 12.7. The topological polar surface area (TPSA) is 40.1 Å². The fraction of sp³-hybridized carbons (Fsp3) is 0.0952. The minimum absolute atomic E-state index is 0.387. The molecule has 0 aliphatic rings. The summed E-state index contributed by atoms with van der Waals surface area (Å²) < 4.78 is 10.7. The van der Waals surface area contributed by atoms with Crippen molar-refractivity contribution in [1.29, 1.82) is 0 Å². The highest BCUT2D eigenvalue weighted by Gasteiger charge is 2.16. The van der Waals surface area contributed by atoms with Gasteiger partial charge in [0, 0.05) is 5.56 Å². The van der Waals surface area contributed by atoms with Gasteiger partial charge in [-0.05, 0) is 17.2 Å². The number of hydrogen-bond acceptors (Lipinski definition) is 3. The minimum atomic E-state index is 0.387. The molecule has 0 spiro atoms. The van der Waals surface area contributed by atoms with E-state index in [0.29, 0.717) is 23.0 Å². The summed E-state index contributed by atoms with van der Waals surface area (Å²) in [5, 5.41) is 0. The van der Waals surface area contributed by atoms with Crippen molar-refractivity contribution >= 4 is 11.4 Å². The van der Waals surface area contributed by atoms with Gasteiger partial charge in [0.1, 0.15) is 0 Å². The zero-order valence-corrected chi connectivity index (χ0v) is 14.4. The molecule has 0 bridgehead atoms. The molecule has 5 heteroatoms. The average Bonchev–Trinajstić information content (AvgIpc) is 2.73. The fourth-order valence-corrected chi connectivity index (χ4v) is 2.62. The molecule has 0 aliphatic carbocycles. The minimum Gasteiger partial charge on any atom is -0.491 e. The van der Waals surface area contributed by atoms with E-state index >= 15 is 0 Å². The van der Waals surface area contributed by atoms with Crippen molar-refractivity contribution in [3.8, 4) is 34.0 Å². The lowest BCUT2D eigenvalue weighted by molar-refractivity contribution is 0.343. The Bertz CT molecular complexity index is 927. The van der Waals surface area contributed by atoms with Crippen molar-refractivity contribution in [3.63, 3.8) is 0 Å². The lowest BCUT2D eigenvalue weighted by Crippen LogP contribution is -1.98. The number of aromatic nitrogens is 1. The summed E-state index contributed by atoms with van der Waals surface area (Å²) in [6.45, 7) is 14.2. The van der Waals surface area contributed by atoms with E-state index in [9.17, 15) is 0 Å². The summed E-state index contributed by atoms with van der Waals surface area (Å²) in [7, 11) is 3.11. The molecule has 1 aromatic heterocycles. The molecule has 2 aromatic carbocycles. The number of hydrogen-bond donors (Lipinski definition) is 0. The third kappa shape index (κ3) is 3.19. The molecular formula is C21H15N3O2. The number of methoxy groups -OCH3 is 2. The molecule has 3 rings (SSSR count). The van der Waals surface area contributed by atoms with E-state index in [0.717, 1.165) is 22.4 Å². The molecule has 0 saturated carbocycles. The van der Waals surface area contributed by atoms with Crippen LogP contribution in [0.1, 0.15) is 0 Å². The van der Waals surface area contributed by atoms with Crippen molar-refractivity contribution in [1.82, 2.24) is 4.98 Å². The van der Waals surface area contributed by atoms with Crippen LogP contribution in [0.3, 0.4) is 0 Å². The second kappa shape index (κ2) is 7.38. The van der Waals surface area contributed by atoms with Gasteiger partial charge in [0.15, 0.2) is 17.1 Å². The second-order valence-corrected chi connectivity index (χ2v) is 5.41. The van der Waals surface area contributed by atoms with Gasteiger partial charge in [-0.3, -0.25) is 0 Å². The Balaban J connectivity index is 2.22. The van der Waals surface area contributed by atoms with Crippen LogP contribution in [0.4, 0.5) is 11.4 Å². The summed E-state index contributed by atoms with van der Waals surface area (Å²) in [6.07, 6.45) is 0. The highest BCUT2D eigenvalue weighted by atomic mass is 16.5. The maximum atomic E-state index is 7.10. The van der Waals surface area contributed by atoms with Crippen molar-refractivity contribution in [2.45, 2.75) is 0 Å². The second-order valence-electron chi connectivity index (χ2n) is 5.41. The fourth-order valence-electron chi connectivity index (χ4n) is 2.62. The molecule has 0 atom stereocenters. The first kappa shape index (κ1) is 17.0. The van der Waals surface area contributed by atoms with Gasteiger partial charge < -0.3 is 9.47 Å². The first-order valence-corrected chi connectivity index (χ1v) is 7.79. The summed E-state index contributed by atoms with van der Waals surface area (Å²) >= 11 is 0. The van der Waals surface area contributed by atoms with E-state index in [4.69, 9.17) is 22.6 Å². The summed E-state index contributed by atoms with van der Waals surface area (Å²) in [6, 6.07) is 16.4. The summed E-state index contributed by atoms with van der Waals surface area (Å²) in [5.74, 6) is 0.913. The number of nitrogens with zero attached hydrogens (tertiary/aromatic N) is 3. The summed E-state index contributed by atoms with van der Waals surface area (Å²) in [4.78, 5) is 11.5. The predicted octanol–water partition coefficient (Wildman–Crippen LogP) is 5.53. The SMILES string of the molecule is [C-]#[N+]c1ccc(-c2cc(OC)c(OC)nc2-c2ccc([N+]#[C-])cc2)cc1. The molecule has 126 valence electrons. The maximum absolute atomic E-state index is 7.10. The number of benzene rings is 2. The Morgan fingerprint density at radius 3 is 1.77 bits per heavy atom. The quantitative estimate of drug-likeness (QED) is 0.585. The number of ether oxygens (including phenoxy) is 2. The van der Waals surface area contributed by atoms with E-state index in [1.807, 2.05) is 30.3 Å². The zero-order valence-electron chi connectivity index (χ0n) is 14.4. The Hall–Kier alpha value is -3.83. The monoisotopic (exact) mass is 341 g/mol. The molecule has 0 aliphatic heterocycles. The van der Waals surface area contributed by atoms with Gasteiger partial charge in [0.2, 0.25) is 0 Å². The standard InChI is InChI=1S/C21H15N3O2/c1-22-16-9-5-14(6-10-16)18-13-19(25-3)21(26-4)24-20(18)15-7-11-17(23-2)12-8-15/h5-13H,3-4H3. The zero-order chi connectivity index (χ0) is 18.5. The van der Waals surface area contributed by atoms with Gasteiger partial charge in [0.05, 0.1) is 33.1 Å².